The SMILES string of the molecule is Cc1ccc(SC2CCOC2)cc1C(=O)O. The molecule has 0 spiro atoms. The summed E-state index contributed by atoms with van der Waals surface area (Å²) < 4.78 is 5.29. The van der Waals surface area contributed by atoms with Crippen molar-refractivity contribution in [1.82, 2.24) is 0 Å². The number of carboxylic acid groups (broad SMARTS) is 1. The third kappa shape index (κ3) is 2.57. The lowest BCUT2D eigenvalue weighted by Gasteiger charge is -2.09. The first-order chi connectivity index (χ1) is 7.66. The van der Waals surface area contributed by atoms with E-state index >= 15 is 0 Å². The maximum Gasteiger partial charge on any atom is 0.335 e. The van der Waals surface area contributed by atoms with E-state index in [2.05, 4.69) is 0 Å². The van der Waals surface area contributed by atoms with Gasteiger partial charge in [-0.25, -0.2) is 4.79 Å². The molecule has 1 aromatic rings. The Labute approximate surface area is 98.8 Å². The van der Waals surface area contributed by atoms with Crippen LogP contribution < -0.4 is 0 Å². The highest BCUT2D eigenvalue weighted by atomic mass is 32.2. The number of aryl methyl sites for hydroxylation is 1. The molecular formula is C12H14O3S. The molecule has 1 saturated heterocycles. The van der Waals surface area contributed by atoms with E-state index in [4.69, 9.17) is 9.84 Å². The highest BCUT2D eigenvalue weighted by Gasteiger charge is 2.17. The van der Waals surface area contributed by atoms with Crippen molar-refractivity contribution >= 4 is 17.7 Å². The number of ether oxygens (including phenoxy) is 1. The van der Waals surface area contributed by atoms with E-state index in [-0.39, 0.29) is 0 Å². The standard InChI is InChI=1S/C12H14O3S/c1-8-2-3-9(6-11(8)12(13)14)16-10-4-5-15-7-10/h2-3,6,10H,4-5,7H2,1H3,(H,13,14). The van der Waals surface area contributed by atoms with Gasteiger partial charge in [-0.2, -0.15) is 0 Å². The first-order valence-corrected chi connectivity index (χ1v) is 6.13. The molecule has 0 amide bonds. The molecule has 0 aliphatic carbocycles. The van der Waals surface area contributed by atoms with Crippen molar-refractivity contribution in [2.75, 3.05) is 13.2 Å². The molecule has 3 nitrogen and oxygen atoms in total. The molecule has 1 unspecified atom stereocenters. The molecule has 4 heteroatoms. The molecule has 0 bridgehead atoms. The van der Waals surface area contributed by atoms with Gasteiger partial charge in [-0.05, 0) is 31.0 Å². The third-order valence-electron chi connectivity index (χ3n) is 2.63. The van der Waals surface area contributed by atoms with Crippen molar-refractivity contribution < 1.29 is 14.6 Å². The zero-order chi connectivity index (χ0) is 11.5. The maximum absolute atomic E-state index is 11.0. The summed E-state index contributed by atoms with van der Waals surface area (Å²) in [6.07, 6.45) is 1.04. The Balaban J connectivity index is 2.15. The zero-order valence-corrected chi connectivity index (χ0v) is 9.92. The fraction of sp³-hybridized carbons (Fsp3) is 0.417. The number of hydrogen-bond acceptors (Lipinski definition) is 3. The summed E-state index contributed by atoms with van der Waals surface area (Å²) in [7, 11) is 0. The molecule has 1 aliphatic rings. The molecule has 0 aromatic heterocycles. The summed E-state index contributed by atoms with van der Waals surface area (Å²) in [4.78, 5) is 12.0. The van der Waals surface area contributed by atoms with Gasteiger partial charge >= 0.3 is 5.97 Å². The van der Waals surface area contributed by atoms with E-state index in [9.17, 15) is 4.79 Å². The number of rotatable bonds is 3. The van der Waals surface area contributed by atoms with Crippen molar-refractivity contribution in [3.63, 3.8) is 0 Å². The van der Waals surface area contributed by atoms with Gasteiger partial charge in [0.2, 0.25) is 0 Å². The van der Waals surface area contributed by atoms with E-state index in [1.807, 2.05) is 19.1 Å². The molecule has 1 atom stereocenters. The van der Waals surface area contributed by atoms with Gasteiger partial charge in [-0.15, -0.1) is 11.8 Å². The van der Waals surface area contributed by atoms with Crippen molar-refractivity contribution in [2.45, 2.75) is 23.5 Å². The van der Waals surface area contributed by atoms with Crippen LogP contribution in [0.5, 0.6) is 0 Å². The second-order valence-corrected chi connectivity index (χ2v) is 5.26. The van der Waals surface area contributed by atoms with Gasteiger partial charge in [0.05, 0.1) is 12.2 Å². The molecule has 0 radical (unpaired) electrons. The zero-order valence-electron chi connectivity index (χ0n) is 9.10. The van der Waals surface area contributed by atoms with Crippen molar-refractivity contribution in [3.8, 4) is 0 Å². The van der Waals surface area contributed by atoms with Gasteiger partial charge in [0.15, 0.2) is 0 Å². The third-order valence-corrected chi connectivity index (χ3v) is 3.86. The summed E-state index contributed by atoms with van der Waals surface area (Å²) in [5, 5.41) is 9.48. The van der Waals surface area contributed by atoms with Gasteiger partial charge in [-0.1, -0.05) is 6.07 Å². The lowest BCUT2D eigenvalue weighted by atomic mass is 10.1. The van der Waals surface area contributed by atoms with E-state index in [0.29, 0.717) is 10.8 Å². The molecule has 1 N–H and O–H groups in total. The van der Waals surface area contributed by atoms with Gasteiger partial charge in [-0.3, -0.25) is 0 Å². The normalized spacial score (nSPS) is 19.9. The van der Waals surface area contributed by atoms with Crippen LogP contribution >= 0.6 is 11.8 Å². The molecule has 1 aromatic carbocycles. The number of carbonyl (C=O) groups is 1. The summed E-state index contributed by atoms with van der Waals surface area (Å²) in [5.41, 5.74) is 1.20. The van der Waals surface area contributed by atoms with Gasteiger partial charge in [0.1, 0.15) is 0 Å². The number of hydrogen-bond donors (Lipinski definition) is 1. The summed E-state index contributed by atoms with van der Waals surface area (Å²) in [5.74, 6) is -0.859. The summed E-state index contributed by atoms with van der Waals surface area (Å²) in [6.45, 7) is 3.40. The van der Waals surface area contributed by atoms with Crippen LogP contribution in [0.25, 0.3) is 0 Å². The van der Waals surface area contributed by atoms with E-state index in [1.165, 1.54) is 0 Å². The maximum atomic E-state index is 11.0. The predicted molar refractivity (Wildman–Crippen MR) is 63.2 cm³/mol. The highest BCUT2D eigenvalue weighted by molar-refractivity contribution is 8.00. The van der Waals surface area contributed by atoms with Crippen LogP contribution in [0.1, 0.15) is 22.3 Å². The minimum Gasteiger partial charge on any atom is -0.478 e. The number of thioether (sulfide) groups is 1. The Morgan fingerprint density at radius 3 is 3.00 bits per heavy atom. The molecule has 0 saturated carbocycles. The molecule has 2 rings (SSSR count). The summed E-state index contributed by atoms with van der Waals surface area (Å²) in [6, 6.07) is 5.59. The van der Waals surface area contributed by atoms with E-state index < -0.39 is 5.97 Å². The van der Waals surface area contributed by atoms with Crippen LogP contribution in [-0.2, 0) is 4.74 Å². The fourth-order valence-corrected chi connectivity index (χ4v) is 2.80. The number of benzene rings is 1. The highest BCUT2D eigenvalue weighted by Crippen LogP contribution is 2.29. The van der Waals surface area contributed by atoms with Crippen molar-refractivity contribution in [1.29, 1.82) is 0 Å². The Hall–Kier alpha value is -1.00. The van der Waals surface area contributed by atoms with Crippen LogP contribution in [0.15, 0.2) is 23.1 Å². The van der Waals surface area contributed by atoms with E-state index in [1.54, 1.807) is 17.8 Å². The second kappa shape index (κ2) is 4.89. The second-order valence-electron chi connectivity index (χ2n) is 3.89. The minimum atomic E-state index is -0.859. The molecule has 1 aliphatic heterocycles. The average molecular weight is 238 g/mol. The van der Waals surface area contributed by atoms with Gasteiger partial charge in [0, 0.05) is 16.8 Å². The Morgan fingerprint density at radius 1 is 1.56 bits per heavy atom. The lowest BCUT2D eigenvalue weighted by Crippen LogP contribution is -2.02. The van der Waals surface area contributed by atoms with Crippen LogP contribution in [0.4, 0.5) is 0 Å². The Bertz CT molecular complexity index is 397. The number of carboxylic acids is 1. The molecule has 1 fully saturated rings. The molecular weight excluding hydrogens is 224 g/mol. The van der Waals surface area contributed by atoms with Crippen LogP contribution in [-0.4, -0.2) is 29.5 Å². The van der Waals surface area contributed by atoms with E-state index in [0.717, 1.165) is 30.1 Å². The summed E-state index contributed by atoms with van der Waals surface area (Å²) >= 11 is 1.70. The molecule has 16 heavy (non-hydrogen) atoms. The van der Waals surface area contributed by atoms with Gasteiger partial charge < -0.3 is 9.84 Å². The topological polar surface area (TPSA) is 46.5 Å². The Kier molecular flexibility index (Phi) is 3.51. The first-order valence-electron chi connectivity index (χ1n) is 5.25. The van der Waals surface area contributed by atoms with Crippen molar-refractivity contribution in [3.05, 3.63) is 29.3 Å². The lowest BCUT2D eigenvalue weighted by molar-refractivity contribution is 0.0696. The smallest absolute Gasteiger partial charge is 0.335 e. The fourth-order valence-electron chi connectivity index (χ4n) is 1.70. The largest absolute Gasteiger partial charge is 0.478 e. The first kappa shape index (κ1) is 11.5. The van der Waals surface area contributed by atoms with Crippen LogP contribution in [0, 0.1) is 6.92 Å². The Morgan fingerprint density at radius 2 is 2.38 bits per heavy atom. The predicted octanol–water partition coefficient (Wildman–Crippen LogP) is 2.57. The molecule has 1 heterocycles. The molecule has 86 valence electrons. The number of aromatic carboxylic acids is 1. The average Bonchev–Trinajstić information content (AvgIpc) is 2.73. The van der Waals surface area contributed by atoms with Crippen LogP contribution in [0.3, 0.4) is 0 Å². The monoisotopic (exact) mass is 238 g/mol. The quantitative estimate of drug-likeness (QED) is 0.879. The van der Waals surface area contributed by atoms with Crippen LogP contribution in [0.2, 0.25) is 0 Å². The minimum absolute atomic E-state index is 0.393. The van der Waals surface area contributed by atoms with Crippen molar-refractivity contribution in [2.24, 2.45) is 0 Å². The van der Waals surface area contributed by atoms with Gasteiger partial charge in [0.25, 0.3) is 0 Å².